The second-order valence-electron chi connectivity index (χ2n) is 6.15. The van der Waals surface area contributed by atoms with Gasteiger partial charge in [0.05, 0.1) is 11.4 Å². The van der Waals surface area contributed by atoms with E-state index in [4.69, 9.17) is 5.11 Å². The van der Waals surface area contributed by atoms with E-state index in [9.17, 15) is 0 Å². The second kappa shape index (κ2) is 7.07. The molecule has 2 aromatic rings. The molecule has 22 heavy (non-hydrogen) atoms. The Kier molecular flexibility index (Phi) is 4.90. The molecular weight excluding hydrogens is 274 g/mol. The van der Waals surface area contributed by atoms with Gasteiger partial charge >= 0.3 is 0 Å². The highest BCUT2D eigenvalue weighted by atomic mass is 16.2. The van der Waals surface area contributed by atoms with E-state index < -0.39 is 0 Å². The molecule has 0 bridgehead atoms. The summed E-state index contributed by atoms with van der Waals surface area (Å²) >= 11 is 0. The van der Waals surface area contributed by atoms with Crippen molar-refractivity contribution < 1.29 is 5.11 Å². The Morgan fingerprint density at radius 2 is 2.00 bits per heavy atom. The summed E-state index contributed by atoms with van der Waals surface area (Å²) in [5.41, 5.74) is 3.52. The third kappa shape index (κ3) is 3.76. The fraction of sp³-hybridized carbons (Fsp3) is 0.500. The lowest BCUT2D eigenvalue weighted by Crippen LogP contribution is -2.27. The molecule has 4 nitrogen and oxygen atoms in total. The predicted octanol–water partition coefficient (Wildman–Crippen LogP) is 2.92. The minimum absolute atomic E-state index is 0.295. The molecule has 1 aromatic carbocycles. The summed E-state index contributed by atoms with van der Waals surface area (Å²) in [6.45, 7) is 4.42. The number of para-hydroxylation sites is 1. The smallest absolute Gasteiger partial charge is 0.0645 e. The summed E-state index contributed by atoms with van der Waals surface area (Å²) in [5, 5.41) is 13.6. The average Bonchev–Trinajstić information content (AvgIpc) is 3.32. The molecule has 1 saturated carbocycles. The zero-order valence-corrected chi connectivity index (χ0v) is 13.3. The molecule has 0 saturated heterocycles. The number of aromatic nitrogens is 2. The van der Waals surface area contributed by atoms with E-state index in [2.05, 4.69) is 35.3 Å². The Hall–Kier alpha value is -1.65. The minimum Gasteiger partial charge on any atom is -0.396 e. The first-order valence-corrected chi connectivity index (χ1v) is 8.23. The van der Waals surface area contributed by atoms with E-state index in [0.29, 0.717) is 6.61 Å². The van der Waals surface area contributed by atoms with Crippen molar-refractivity contribution >= 4 is 0 Å². The van der Waals surface area contributed by atoms with E-state index in [-0.39, 0.29) is 0 Å². The van der Waals surface area contributed by atoms with Gasteiger partial charge in [-0.05, 0) is 51.3 Å². The van der Waals surface area contributed by atoms with E-state index in [1.165, 1.54) is 18.4 Å². The number of aryl methyl sites for hydroxylation is 1. The van der Waals surface area contributed by atoms with Crippen molar-refractivity contribution in [1.29, 1.82) is 0 Å². The summed E-state index contributed by atoms with van der Waals surface area (Å²) in [6, 6.07) is 11.0. The lowest BCUT2D eigenvalue weighted by atomic mass is 10.2. The fourth-order valence-corrected chi connectivity index (χ4v) is 2.84. The Bertz CT molecular complexity index is 590. The van der Waals surface area contributed by atoms with Gasteiger partial charge in [-0.15, -0.1) is 0 Å². The van der Waals surface area contributed by atoms with Crippen LogP contribution in [0, 0.1) is 6.92 Å². The summed E-state index contributed by atoms with van der Waals surface area (Å²) < 4.78 is 1.98. The predicted molar refractivity (Wildman–Crippen MR) is 88.1 cm³/mol. The van der Waals surface area contributed by atoms with Crippen molar-refractivity contribution in [3.8, 4) is 5.69 Å². The van der Waals surface area contributed by atoms with Crippen LogP contribution in [0.25, 0.3) is 5.69 Å². The first kappa shape index (κ1) is 15.3. The van der Waals surface area contributed by atoms with Crippen LogP contribution in [0.4, 0.5) is 0 Å². The molecule has 1 aromatic heterocycles. The van der Waals surface area contributed by atoms with Crippen LogP contribution in [0.5, 0.6) is 0 Å². The third-order valence-corrected chi connectivity index (χ3v) is 4.31. The summed E-state index contributed by atoms with van der Waals surface area (Å²) in [5.74, 6) is 0. The zero-order chi connectivity index (χ0) is 15.4. The van der Waals surface area contributed by atoms with Gasteiger partial charge in [-0.1, -0.05) is 18.2 Å². The molecule has 3 rings (SSSR count). The maximum absolute atomic E-state index is 8.96. The number of benzene rings is 1. The van der Waals surface area contributed by atoms with Crippen molar-refractivity contribution in [3.63, 3.8) is 0 Å². The first-order chi connectivity index (χ1) is 10.8. The summed E-state index contributed by atoms with van der Waals surface area (Å²) in [4.78, 5) is 2.55. The van der Waals surface area contributed by atoms with Gasteiger partial charge < -0.3 is 5.11 Å². The molecule has 1 aliphatic rings. The maximum Gasteiger partial charge on any atom is 0.0645 e. The van der Waals surface area contributed by atoms with Gasteiger partial charge in [-0.25, -0.2) is 4.68 Å². The number of nitrogens with zero attached hydrogens (tertiary/aromatic N) is 3. The van der Waals surface area contributed by atoms with E-state index >= 15 is 0 Å². The van der Waals surface area contributed by atoms with Crippen molar-refractivity contribution in [2.75, 3.05) is 13.2 Å². The van der Waals surface area contributed by atoms with Crippen LogP contribution in [0.2, 0.25) is 0 Å². The molecule has 1 heterocycles. The van der Waals surface area contributed by atoms with Crippen molar-refractivity contribution in [1.82, 2.24) is 14.7 Å². The normalized spacial score (nSPS) is 14.7. The molecule has 4 heteroatoms. The van der Waals surface area contributed by atoms with E-state index in [1.807, 2.05) is 22.9 Å². The molecule has 118 valence electrons. The van der Waals surface area contributed by atoms with Crippen LogP contribution >= 0.6 is 0 Å². The number of hydrogen-bond donors (Lipinski definition) is 1. The monoisotopic (exact) mass is 299 g/mol. The second-order valence-corrected chi connectivity index (χ2v) is 6.15. The van der Waals surface area contributed by atoms with Crippen LogP contribution < -0.4 is 0 Å². The molecule has 0 aliphatic heterocycles. The molecule has 0 amide bonds. The first-order valence-electron chi connectivity index (χ1n) is 8.23. The van der Waals surface area contributed by atoms with Gasteiger partial charge in [0.1, 0.15) is 0 Å². The number of aliphatic hydroxyl groups is 1. The SMILES string of the molecule is Cc1nn(-c2ccccc2)cc1CN(CCCCO)C1CC1. The van der Waals surface area contributed by atoms with Gasteiger partial charge in [0.25, 0.3) is 0 Å². The number of unbranched alkanes of at least 4 members (excludes halogenated alkanes) is 1. The summed E-state index contributed by atoms with van der Waals surface area (Å²) in [6.07, 6.45) is 6.74. The molecule has 0 unspecified atom stereocenters. The molecular formula is C18H25N3O. The van der Waals surface area contributed by atoms with Crippen molar-refractivity contribution in [3.05, 3.63) is 47.8 Å². The van der Waals surface area contributed by atoms with Crippen LogP contribution in [0.15, 0.2) is 36.5 Å². The van der Waals surface area contributed by atoms with Crippen LogP contribution in [-0.4, -0.2) is 39.0 Å². The maximum atomic E-state index is 8.96. The van der Waals surface area contributed by atoms with Crippen molar-refractivity contribution in [2.24, 2.45) is 0 Å². The molecule has 0 spiro atoms. The Balaban J connectivity index is 1.70. The van der Waals surface area contributed by atoms with Gasteiger partial charge in [0, 0.05) is 31.0 Å². The Labute approximate surface area is 132 Å². The average molecular weight is 299 g/mol. The minimum atomic E-state index is 0.295. The highest BCUT2D eigenvalue weighted by Gasteiger charge is 2.29. The molecule has 1 N–H and O–H groups in total. The highest BCUT2D eigenvalue weighted by molar-refractivity contribution is 5.32. The lowest BCUT2D eigenvalue weighted by molar-refractivity contribution is 0.228. The van der Waals surface area contributed by atoms with Gasteiger partial charge in [-0.3, -0.25) is 4.90 Å². The number of aliphatic hydroxyl groups excluding tert-OH is 1. The van der Waals surface area contributed by atoms with E-state index in [1.54, 1.807) is 0 Å². The van der Waals surface area contributed by atoms with Gasteiger partial charge in [0.2, 0.25) is 0 Å². The third-order valence-electron chi connectivity index (χ3n) is 4.31. The van der Waals surface area contributed by atoms with E-state index in [0.717, 1.165) is 43.4 Å². The topological polar surface area (TPSA) is 41.3 Å². The molecule has 0 radical (unpaired) electrons. The number of hydrogen-bond acceptors (Lipinski definition) is 3. The molecule has 1 fully saturated rings. The summed E-state index contributed by atoms with van der Waals surface area (Å²) in [7, 11) is 0. The standard InChI is InChI=1S/C18H25N3O/c1-15-16(13-20(17-9-10-17)11-5-6-12-22)14-21(19-15)18-7-3-2-4-8-18/h2-4,7-8,14,17,22H,5-6,9-13H2,1H3. The highest BCUT2D eigenvalue weighted by Crippen LogP contribution is 2.29. The Morgan fingerprint density at radius 1 is 1.23 bits per heavy atom. The molecule has 0 atom stereocenters. The number of rotatable bonds is 8. The van der Waals surface area contributed by atoms with Crippen LogP contribution in [0.3, 0.4) is 0 Å². The largest absolute Gasteiger partial charge is 0.396 e. The van der Waals surface area contributed by atoms with Crippen molar-refractivity contribution in [2.45, 2.75) is 45.2 Å². The van der Waals surface area contributed by atoms with Gasteiger partial charge in [-0.2, -0.15) is 5.10 Å². The van der Waals surface area contributed by atoms with Crippen LogP contribution in [-0.2, 0) is 6.54 Å². The fourth-order valence-electron chi connectivity index (χ4n) is 2.84. The van der Waals surface area contributed by atoms with Gasteiger partial charge in [0.15, 0.2) is 0 Å². The lowest BCUT2D eigenvalue weighted by Gasteiger charge is -2.21. The quantitative estimate of drug-likeness (QED) is 0.762. The molecule has 1 aliphatic carbocycles. The zero-order valence-electron chi connectivity index (χ0n) is 13.3. The van der Waals surface area contributed by atoms with Crippen LogP contribution in [0.1, 0.15) is 36.9 Å². The Morgan fingerprint density at radius 3 is 2.68 bits per heavy atom.